The molecule has 1 aromatic carbocycles. The predicted molar refractivity (Wildman–Crippen MR) is 105 cm³/mol. The molecule has 1 amide bonds. The van der Waals surface area contributed by atoms with E-state index in [1.807, 2.05) is 18.2 Å². The summed E-state index contributed by atoms with van der Waals surface area (Å²) in [7, 11) is 0. The summed E-state index contributed by atoms with van der Waals surface area (Å²) < 4.78 is 1.41. The Bertz CT molecular complexity index is 924. The van der Waals surface area contributed by atoms with E-state index in [0.717, 1.165) is 12.2 Å². The Hall–Kier alpha value is -2.45. The molecule has 6 nitrogen and oxygen atoms in total. The number of benzene rings is 1. The van der Waals surface area contributed by atoms with E-state index in [-0.39, 0.29) is 18.0 Å². The van der Waals surface area contributed by atoms with Gasteiger partial charge in [-0.3, -0.25) is 14.2 Å². The van der Waals surface area contributed by atoms with Gasteiger partial charge in [-0.2, -0.15) is 0 Å². The summed E-state index contributed by atoms with van der Waals surface area (Å²) in [6, 6.07) is 11.6. The van der Waals surface area contributed by atoms with E-state index in [1.165, 1.54) is 39.3 Å². The molecule has 1 N–H and O–H groups in total. The SMILES string of the molecule is Cc1cc(=O)n(CC(=O)Nc2nccs2)c(SCCc2ccccc2)n1. The maximum Gasteiger partial charge on any atom is 0.254 e. The Labute approximate surface area is 159 Å². The number of carbonyl (C=O) groups excluding carboxylic acids is 1. The normalized spacial score (nSPS) is 10.7. The maximum atomic E-state index is 12.3. The first kappa shape index (κ1) is 18.3. The quantitative estimate of drug-likeness (QED) is 0.499. The van der Waals surface area contributed by atoms with E-state index in [1.54, 1.807) is 18.5 Å². The second-order valence-electron chi connectivity index (χ2n) is 5.57. The van der Waals surface area contributed by atoms with Crippen molar-refractivity contribution in [3.05, 3.63) is 69.6 Å². The lowest BCUT2D eigenvalue weighted by Gasteiger charge is -2.11. The van der Waals surface area contributed by atoms with Gasteiger partial charge in [-0.05, 0) is 18.9 Å². The molecule has 0 unspecified atom stereocenters. The maximum absolute atomic E-state index is 12.3. The van der Waals surface area contributed by atoms with Crippen molar-refractivity contribution < 1.29 is 4.79 Å². The number of thioether (sulfide) groups is 1. The number of aromatic nitrogens is 3. The van der Waals surface area contributed by atoms with Crippen molar-refractivity contribution in [2.45, 2.75) is 25.0 Å². The third-order valence-electron chi connectivity index (χ3n) is 3.55. The summed E-state index contributed by atoms with van der Waals surface area (Å²) in [5.74, 6) is 0.478. The zero-order valence-corrected chi connectivity index (χ0v) is 15.8. The number of nitrogens with zero attached hydrogens (tertiary/aromatic N) is 3. The number of aryl methyl sites for hydroxylation is 2. The number of nitrogens with one attached hydrogen (secondary N) is 1. The number of amides is 1. The Kier molecular flexibility index (Phi) is 6.19. The second-order valence-corrected chi connectivity index (χ2v) is 7.53. The number of carbonyl (C=O) groups is 1. The van der Waals surface area contributed by atoms with Gasteiger partial charge in [0.15, 0.2) is 10.3 Å². The minimum Gasteiger partial charge on any atom is -0.300 e. The van der Waals surface area contributed by atoms with Gasteiger partial charge in [0.25, 0.3) is 5.56 Å². The highest BCUT2D eigenvalue weighted by atomic mass is 32.2. The molecule has 0 atom stereocenters. The standard InChI is InChI=1S/C18H18N4O2S2/c1-13-11-16(24)22(12-15(23)21-17-19-8-10-25-17)18(20-13)26-9-7-14-5-3-2-4-6-14/h2-6,8,10-11H,7,9,12H2,1H3,(H,19,21,23). The first-order chi connectivity index (χ1) is 12.6. The molecular formula is C18H18N4O2S2. The van der Waals surface area contributed by atoms with E-state index < -0.39 is 0 Å². The highest BCUT2D eigenvalue weighted by Gasteiger charge is 2.13. The van der Waals surface area contributed by atoms with Crippen LogP contribution in [0.15, 0.2) is 57.9 Å². The molecule has 0 spiro atoms. The van der Waals surface area contributed by atoms with Gasteiger partial charge in [0.1, 0.15) is 6.54 Å². The van der Waals surface area contributed by atoms with Crippen LogP contribution in [0.3, 0.4) is 0 Å². The molecule has 26 heavy (non-hydrogen) atoms. The zero-order valence-electron chi connectivity index (χ0n) is 14.2. The van der Waals surface area contributed by atoms with Crippen LogP contribution in [-0.4, -0.2) is 26.2 Å². The third kappa shape index (κ3) is 5.03. The largest absolute Gasteiger partial charge is 0.300 e. The van der Waals surface area contributed by atoms with E-state index >= 15 is 0 Å². The van der Waals surface area contributed by atoms with Crippen LogP contribution in [0.2, 0.25) is 0 Å². The number of hydrogen-bond donors (Lipinski definition) is 1. The van der Waals surface area contributed by atoms with Crippen molar-refractivity contribution in [3.63, 3.8) is 0 Å². The molecule has 0 radical (unpaired) electrons. The van der Waals surface area contributed by atoms with Crippen molar-refractivity contribution in [2.75, 3.05) is 11.1 Å². The van der Waals surface area contributed by atoms with Crippen LogP contribution in [0.1, 0.15) is 11.3 Å². The molecule has 0 aliphatic heterocycles. The van der Waals surface area contributed by atoms with Crippen molar-refractivity contribution >= 4 is 34.1 Å². The van der Waals surface area contributed by atoms with Gasteiger partial charge < -0.3 is 5.32 Å². The van der Waals surface area contributed by atoms with E-state index in [9.17, 15) is 9.59 Å². The lowest BCUT2D eigenvalue weighted by Crippen LogP contribution is -2.29. The highest BCUT2D eigenvalue weighted by Crippen LogP contribution is 2.17. The molecule has 0 bridgehead atoms. The lowest BCUT2D eigenvalue weighted by atomic mass is 10.2. The van der Waals surface area contributed by atoms with Crippen LogP contribution in [0, 0.1) is 6.92 Å². The molecule has 2 aromatic heterocycles. The monoisotopic (exact) mass is 386 g/mol. The van der Waals surface area contributed by atoms with Gasteiger partial charge in [0.05, 0.1) is 0 Å². The van der Waals surface area contributed by atoms with Crippen LogP contribution in [0.4, 0.5) is 5.13 Å². The number of anilines is 1. The van der Waals surface area contributed by atoms with Crippen LogP contribution in [0.5, 0.6) is 0 Å². The smallest absolute Gasteiger partial charge is 0.254 e. The van der Waals surface area contributed by atoms with E-state index in [2.05, 4.69) is 27.4 Å². The third-order valence-corrected chi connectivity index (χ3v) is 5.21. The Morgan fingerprint density at radius 1 is 1.31 bits per heavy atom. The molecule has 0 aliphatic carbocycles. The van der Waals surface area contributed by atoms with Crippen molar-refractivity contribution in [2.24, 2.45) is 0 Å². The first-order valence-electron chi connectivity index (χ1n) is 8.06. The van der Waals surface area contributed by atoms with Crippen LogP contribution in [0.25, 0.3) is 0 Å². The summed E-state index contributed by atoms with van der Waals surface area (Å²) in [5, 5.41) is 5.54. The first-order valence-corrected chi connectivity index (χ1v) is 9.93. The van der Waals surface area contributed by atoms with Gasteiger partial charge in [-0.1, -0.05) is 42.1 Å². The minimum atomic E-state index is -0.294. The fraction of sp³-hybridized carbons (Fsp3) is 0.222. The average molecular weight is 387 g/mol. The van der Waals surface area contributed by atoms with Crippen molar-refractivity contribution in [1.29, 1.82) is 0 Å². The van der Waals surface area contributed by atoms with E-state index in [0.29, 0.717) is 16.0 Å². The molecule has 134 valence electrons. The molecule has 0 aliphatic rings. The van der Waals surface area contributed by atoms with Crippen molar-refractivity contribution in [1.82, 2.24) is 14.5 Å². The number of thiazole rings is 1. The van der Waals surface area contributed by atoms with Crippen LogP contribution < -0.4 is 10.9 Å². The molecule has 0 saturated heterocycles. The lowest BCUT2D eigenvalue weighted by molar-refractivity contribution is -0.116. The molecule has 0 saturated carbocycles. The topological polar surface area (TPSA) is 76.9 Å². The second kappa shape index (κ2) is 8.77. The number of rotatable bonds is 7. The fourth-order valence-corrected chi connectivity index (χ4v) is 3.93. The molecule has 8 heteroatoms. The molecular weight excluding hydrogens is 368 g/mol. The highest BCUT2D eigenvalue weighted by molar-refractivity contribution is 7.99. The Morgan fingerprint density at radius 2 is 2.12 bits per heavy atom. The number of hydrogen-bond acceptors (Lipinski definition) is 6. The van der Waals surface area contributed by atoms with Crippen LogP contribution in [-0.2, 0) is 17.8 Å². The van der Waals surface area contributed by atoms with Gasteiger partial charge in [-0.25, -0.2) is 9.97 Å². The molecule has 3 rings (SSSR count). The summed E-state index contributed by atoms with van der Waals surface area (Å²) in [6.45, 7) is 1.70. The average Bonchev–Trinajstić information content (AvgIpc) is 3.11. The van der Waals surface area contributed by atoms with Gasteiger partial charge in [-0.15, -0.1) is 11.3 Å². The summed E-state index contributed by atoms with van der Waals surface area (Å²) >= 11 is 2.81. The molecule has 3 aromatic rings. The van der Waals surface area contributed by atoms with Gasteiger partial charge in [0, 0.05) is 29.1 Å². The summed E-state index contributed by atoms with van der Waals surface area (Å²) in [5.41, 5.74) is 1.64. The predicted octanol–water partition coefficient (Wildman–Crippen LogP) is 2.98. The van der Waals surface area contributed by atoms with Crippen molar-refractivity contribution in [3.8, 4) is 0 Å². The summed E-state index contributed by atoms with van der Waals surface area (Å²) in [4.78, 5) is 33.0. The Morgan fingerprint density at radius 3 is 2.85 bits per heavy atom. The molecule has 2 heterocycles. The Balaban J connectivity index is 1.70. The minimum absolute atomic E-state index is 0.0840. The zero-order chi connectivity index (χ0) is 18.4. The fourth-order valence-electron chi connectivity index (χ4n) is 2.34. The van der Waals surface area contributed by atoms with Gasteiger partial charge >= 0.3 is 0 Å². The van der Waals surface area contributed by atoms with E-state index in [4.69, 9.17) is 0 Å². The summed E-state index contributed by atoms with van der Waals surface area (Å²) in [6.07, 6.45) is 2.48. The molecule has 0 fully saturated rings. The van der Waals surface area contributed by atoms with Crippen LogP contribution >= 0.6 is 23.1 Å². The van der Waals surface area contributed by atoms with Gasteiger partial charge in [0.2, 0.25) is 5.91 Å².